The fourth-order valence-corrected chi connectivity index (χ4v) is 2.73. The van der Waals surface area contributed by atoms with Crippen LogP contribution in [0.5, 0.6) is 0 Å². The predicted molar refractivity (Wildman–Crippen MR) is 83.6 cm³/mol. The largest absolute Gasteiger partial charge is 0.378 e. The maximum absolute atomic E-state index is 5.44. The maximum atomic E-state index is 5.44. The van der Waals surface area contributed by atoms with E-state index >= 15 is 0 Å². The van der Waals surface area contributed by atoms with Gasteiger partial charge in [0.05, 0.1) is 24.6 Å². The summed E-state index contributed by atoms with van der Waals surface area (Å²) in [4.78, 5) is 7.15. The number of nitrogens with one attached hydrogen (secondary N) is 3. The third kappa shape index (κ3) is 4.38. The minimum atomic E-state index is 0.815. The van der Waals surface area contributed by atoms with Crippen LogP contribution >= 0.6 is 0 Å². The Hall–Kier alpha value is -1.21. The van der Waals surface area contributed by atoms with Gasteiger partial charge in [-0.25, -0.2) is 0 Å². The minimum absolute atomic E-state index is 0.815. The summed E-state index contributed by atoms with van der Waals surface area (Å²) in [5.74, 6) is 0. The van der Waals surface area contributed by atoms with Crippen LogP contribution in [0.3, 0.4) is 0 Å². The molecule has 0 atom stereocenters. The summed E-state index contributed by atoms with van der Waals surface area (Å²) in [6.07, 6.45) is 0. The molecular weight excluding hydrogens is 266 g/mol. The van der Waals surface area contributed by atoms with Crippen molar-refractivity contribution in [1.29, 1.82) is 0 Å². The van der Waals surface area contributed by atoms with Crippen molar-refractivity contribution < 1.29 is 4.74 Å². The van der Waals surface area contributed by atoms with Crippen molar-refractivity contribution >= 4 is 5.69 Å². The van der Waals surface area contributed by atoms with E-state index in [0.29, 0.717) is 0 Å². The van der Waals surface area contributed by atoms with Crippen molar-refractivity contribution in [2.45, 2.75) is 13.1 Å². The Morgan fingerprint density at radius 3 is 2.05 bits per heavy atom. The fourth-order valence-electron chi connectivity index (χ4n) is 2.73. The van der Waals surface area contributed by atoms with E-state index in [1.807, 2.05) is 0 Å². The average Bonchev–Trinajstić information content (AvgIpc) is 2.53. The number of aromatic nitrogens is 1. The van der Waals surface area contributed by atoms with Gasteiger partial charge >= 0.3 is 0 Å². The molecule has 0 radical (unpaired) electrons. The minimum Gasteiger partial charge on any atom is -0.378 e. The number of ether oxygens (including phenoxy) is 1. The van der Waals surface area contributed by atoms with Crippen LogP contribution in [-0.4, -0.2) is 57.5 Å². The van der Waals surface area contributed by atoms with Crippen molar-refractivity contribution in [2.24, 2.45) is 0 Å². The molecule has 3 rings (SSSR count). The lowest BCUT2D eigenvalue weighted by atomic mass is 10.2. The number of nitrogens with zero attached hydrogens (tertiary/aromatic N) is 2. The molecule has 1 aromatic heterocycles. The first-order valence-corrected chi connectivity index (χ1v) is 7.86. The topological polar surface area (TPSA) is 61.5 Å². The molecule has 116 valence electrons. The van der Waals surface area contributed by atoms with E-state index in [4.69, 9.17) is 9.72 Å². The number of anilines is 1. The molecule has 2 aliphatic heterocycles. The summed E-state index contributed by atoms with van der Waals surface area (Å²) in [6, 6.07) is 4.42. The van der Waals surface area contributed by atoms with Crippen molar-refractivity contribution in [3.05, 3.63) is 23.5 Å². The van der Waals surface area contributed by atoms with Crippen molar-refractivity contribution in [3.8, 4) is 0 Å². The standard InChI is InChI=1S/C15H25N5O/c1-3-17-11-13-9-15(20-5-7-21-8-6-20)10-14(19-13)12-18-4-2-16-1/h9-10,16-18H,1-8,11-12H2. The first-order chi connectivity index (χ1) is 10.4. The number of hydrogen-bond donors (Lipinski definition) is 3. The van der Waals surface area contributed by atoms with Gasteiger partial charge in [-0.15, -0.1) is 0 Å². The third-order valence-electron chi connectivity index (χ3n) is 3.86. The highest BCUT2D eigenvalue weighted by Gasteiger charge is 2.13. The molecule has 2 bridgehead atoms. The highest BCUT2D eigenvalue weighted by Crippen LogP contribution is 2.18. The van der Waals surface area contributed by atoms with Crippen LogP contribution < -0.4 is 20.9 Å². The Balaban J connectivity index is 1.77. The predicted octanol–water partition coefficient (Wildman–Crippen LogP) is -0.299. The number of pyridine rings is 1. The molecule has 3 N–H and O–H groups in total. The van der Waals surface area contributed by atoms with Crippen LogP contribution in [0.2, 0.25) is 0 Å². The molecule has 0 spiro atoms. The molecule has 1 aromatic rings. The molecule has 21 heavy (non-hydrogen) atoms. The highest BCUT2D eigenvalue weighted by molar-refractivity contribution is 5.49. The Labute approximate surface area is 126 Å². The van der Waals surface area contributed by atoms with E-state index in [-0.39, 0.29) is 0 Å². The molecule has 0 aromatic carbocycles. The molecule has 6 heteroatoms. The molecule has 0 unspecified atom stereocenters. The van der Waals surface area contributed by atoms with Crippen LogP contribution in [0.1, 0.15) is 11.4 Å². The average molecular weight is 291 g/mol. The van der Waals surface area contributed by atoms with Gasteiger partial charge in [0, 0.05) is 58.0 Å². The van der Waals surface area contributed by atoms with Gasteiger partial charge in [-0.1, -0.05) is 0 Å². The van der Waals surface area contributed by atoms with Crippen LogP contribution in [0.15, 0.2) is 12.1 Å². The van der Waals surface area contributed by atoms with E-state index in [1.54, 1.807) is 0 Å². The molecule has 1 fully saturated rings. The number of fused-ring (bicyclic) bond motifs is 2. The van der Waals surface area contributed by atoms with E-state index in [2.05, 4.69) is 33.0 Å². The van der Waals surface area contributed by atoms with E-state index < -0.39 is 0 Å². The highest BCUT2D eigenvalue weighted by atomic mass is 16.5. The maximum Gasteiger partial charge on any atom is 0.0642 e. The Bertz CT molecular complexity index is 419. The summed E-state index contributed by atoms with van der Waals surface area (Å²) in [5, 5.41) is 10.3. The number of morpholine rings is 1. The molecule has 1 saturated heterocycles. The van der Waals surface area contributed by atoms with Gasteiger partial charge in [0.1, 0.15) is 0 Å². The lowest BCUT2D eigenvalue weighted by Gasteiger charge is -2.29. The summed E-state index contributed by atoms with van der Waals surface area (Å²) >= 11 is 0. The van der Waals surface area contributed by atoms with Crippen LogP contribution in [0, 0.1) is 0 Å². The molecule has 2 aliphatic rings. The quantitative estimate of drug-likeness (QED) is 0.660. The summed E-state index contributed by atoms with van der Waals surface area (Å²) < 4.78 is 5.44. The second-order valence-electron chi connectivity index (χ2n) is 5.51. The zero-order valence-electron chi connectivity index (χ0n) is 12.5. The lowest BCUT2D eigenvalue weighted by molar-refractivity contribution is 0.122. The zero-order chi connectivity index (χ0) is 14.3. The molecule has 3 heterocycles. The molecule has 0 amide bonds. The molecule has 0 saturated carbocycles. The first-order valence-electron chi connectivity index (χ1n) is 7.86. The second kappa shape index (κ2) is 7.70. The first kappa shape index (κ1) is 14.7. The van der Waals surface area contributed by atoms with Gasteiger partial charge in [-0.3, -0.25) is 4.98 Å². The summed E-state index contributed by atoms with van der Waals surface area (Å²) in [5.41, 5.74) is 3.52. The zero-order valence-corrected chi connectivity index (χ0v) is 12.5. The van der Waals surface area contributed by atoms with E-state index in [0.717, 1.165) is 77.0 Å². The van der Waals surface area contributed by atoms with E-state index in [1.165, 1.54) is 5.69 Å². The summed E-state index contributed by atoms with van der Waals surface area (Å²) in [7, 11) is 0. The SMILES string of the molecule is c1c(N2CCOCC2)cc2nc1CNCCNCCNC2. The molecule has 0 aliphatic carbocycles. The van der Waals surface area contributed by atoms with Gasteiger partial charge in [-0.05, 0) is 12.1 Å². The van der Waals surface area contributed by atoms with Gasteiger partial charge in [-0.2, -0.15) is 0 Å². The Morgan fingerprint density at radius 1 is 0.857 bits per heavy atom. The monoisotopic (exact) mass is 291 g/mol. The Morgan fingerprint density at radius 2 is 1.43 bits per heavy atom. The smallest absolute Gasteiger partial charge is 0.0642 e. The van der Waals surface area contributed by atoms with Crippen molar-refractivity contribution in [3.63, 3.8) is 0 Å². The van der Waals surface area contributed by atoms with Gasteiger partial charge < -0.3 is 25.6 Å². The number of rotatable bonds is 1. The number of hydrogen-bond acceptors (Lipinski definition) is 6. The second-order valence-corrected chi connectivity index (χ2v) is 5.51. The van der Waals surface area contributed by atoms with E-state index in [9.17, 15) is 0 Å². The normalized spacial score (nSPS) is 21.4. The lowest BCUT2D eigenvalue weighted by Crippen LogP contribution is -2.37. The third-order valence-corrected chi connectivity index (χ3v) is 3.86. The van der Waals surface area contributed by atoms with Crippen LogP contribution in [0.4, 0.5) is 5.69 Å². The molecule has 6 nitrogen and oxygen atoms in total. The van der Waals surface area contributed by atoms with Gasteiger partial charge in [0.2, 0.25) is 0 Å². The van der Waals surface area contributed by atoms with Crippen molar-refractivity contribution in [1.82, 2.24) is 20.9 Å². The van der Waals surface area contributed by atoms with Crippen LogP contribution in [-0.2, 0) is 17.8 Å². The van der Waals surface area contributed by atoms with Crippen molar-refractivity contribution in [2.75, 3.05) is 57.4 Å². The van der Waals surface area contributed by atoms with Gasteiger partial charge in [0.15, 0.2) is 0 Å². The fraction of sp³-hybridized carbons (Fsp3) is 0.667. The molecular formula is C15H25N5O. The van der Waals surface area contributed by atoms with Gasteiger partial charge in [0.25, 0.3) is 0 Å². The van der Waals surface area contributed by atoms with Crippen LogP contribution in [0.25, 0.3) is 0 Å². The Kier molecular flexibility index (Phi) is 5.40. The summed E-state index contributed by atoms with van der Waals surface area (Å²) in [6.45, 7) is 9.15.